The zero-order valence-corrected chi connectivity index (χ0v) is 18.1. The van der Waals surface area contributed by atoms with Crippen molar-refractivity contribution in [3.05, 3.63) is 45.5 Å². The Bertz CT molecular complexity index is 951. The van der Waals surface area contributed by atoms with Crippen LogP contribution in [0.4, 0.5) is 11.4 Å². The van der Waals surface area contributed by atoms with Gasteiger partial charge in [-0.05, 0) is 48.3 Å². The minimum Gasteiger partial charge on any atom is -0.325 e. The number of rotatable bonds is 5. The molecule has 0 bridgehead atoms. The maximum atomic E-state index is 12.3. The first-order chi connectivity index (χ1) is 13.2. The van der Waals surface area contributed by atoms with Crippen LogP contribution in [0.5, 0.6) is 0 Å². The van der Waals surface area contributed by atoms with Gasteiger partial charge in [0, 0.05) is 16.7 Å². The number of nitrogens with zero attached hydrogens (tertiary/aromatic N) is 1. The molecular formula is C20H21Cl2N3O2S. The summed E-state index contributed by atoms with van der Waals surface area (Å²) in [6.07, 6.45) is 4.13. The van der Waals surface area contributed by atoms with Crippen LogP contribution in [0.1, 0.15) is 25.8 Å². The normalized spacial score (nSPS) is 18.7. The van der Waals surface area contributed by atoms with E-state index in [4.69, 9.17) is 28.9 Å². The fourth-order valence-corrected chi connectivity index (χ4v) is 4.53. The third kappa shape index (κ3) is 3.79. The number of nitrogens with two attached hydrogens (primary N) is 1. The molecule has 0 saturated carbocycles. The topological polar surface area (TPSA) is 84.5 Å². The molecule has 2 aliphatic rings. The van der Waals surface area contributed by atoms with Crippen LogP contribution in [0.2, 0.25) is 0 Å². The highest BCUT2D eigenvalue weighted by Crippen LogP contribution is 2.47. The lowest BCUT2D eigenvalue weighted by Gasteiger charge is -2.36. The SMILES string of the molecule is CSCC[C@H](N)C(=O)Nc1ccc2c(c1)C(C)(C)C1=C(Cl)C(=O)C(Cl)=CC1=N2. The van der Waals surface area contributed by atoms with Gasteiger partial charge in [-0.25, -0.2) is 4.99 Å². The van der Waals surface area contributed by atoms with Crippen molar-refractivity contribution < 1.29 is 9.59 Å². The van der Waals surface area contributed by atoms with Gasteiger partial charge in [-0.3, -0.25) is 9.59 Å². The molecule has 3 N–H and O–H groups in total. The molecule has 0 unspecified atom stereocenters. The van der Waals surface area contributed by atoms with Gasteiger partial charge in [-0.1, -0.05) is 37.0 Å². The summed E-state index contributed by atoms with van der Waals surface area (Å²) in [4.78, 5) is 29.2. The Hall–Kier alpha value is -1.60. The van der Waals surface area contributed by atoms with E-state index in [2.05, 4.69) is 10.3 Å². The number of carbonyl (C=O) groups excluding carboxylic acids is 2. The lowest BCUT2D eigenvalue weighted by atomic mass is 9.71. The number of benzene rings is 1. The third-order valence-corrected chi connectivity index (χ3v) is 6.21. The van der Waals surface area contributed by atoms with Crippen LogP contribution in [0.25, 0.3) is 0 Å². The molecule has 5 nitrogen and oxygen atoms in total. The van der Waals surface area contributed by atoms with E-state index in [0.717, 1.165) is 17.0 Å². The number of fused-ring (bicyclic) bond motifs is 2. The summed E-state index contributed by atoms with van der Waals surface area (Å²) >= 11 is 14.0. The van der Waals surface area contributed by atoms with Gasteiger partial charge in [0.1, 0.15) is 0 Å². The average Bonchev–Trinajstić information content (AvgIpc) is 2.64. The number of ketones is 1. The van der Waals surface area contributed by atoms with E-state index in [1.54, 1.807) is 23.9 Å². The Morgan fingerprint density at radius 1 is 1.36 bits per heavy atom. The summed E-state index contributed by atoms with van der Waals surface area (Å²) in [7, 11) is 0. The monoisotopic (exact) mass is 437 g/mol. The first-order valence-electron chi connectivity index (χ1n) is 8.78. The van der Waals surface area contributed by atoms with E-state index < -0.39 is 17.2 Å². The highest BCUT2D eigenvalue weighted by molar-refractivity contribution is 7.98. The molecule has 0 spiro atoms. The summed E-state index contributed by atoms with van der Waals surface area (Å²) in [6.45, 7) is 3.93. The Morgan fingerprint density at radius 3 is 2.75 bits per heavy atom. The lowest BCUT2D eigenvalue weighted by Crippen LogP contribution is -2.36. The number of anilines is 1. The molecule has 3 rings (SSSR count). The Balaban J connectivity index is 1.97. The maximum Gasteiger partial charge on any atom is 0.241 e. The molecule has 28 heavy (non-hydrogen) atoms. The van der Waals surface area contributed by atoms with Crippen molar-refractivity contribution in [3.63, 3.8) is 0 Å². The number of halogens is 2. The number of amides is 1. The molecule has 1 atom stereocenters. The second-order valence-electron chi connectivity index (χ2n) is 7.24. The Labute approximate surface area is 178 Å². The number of allylic oxidation sites excluding steroid dienone is 4. The highest BCUT2D eigenvalue weighted by Gasteiger charge is 2.40. The third-order valence-electron chi connectivity index (χ3n) is 4.93. The summed E-state index contributed by atoms with van der Waals surface area (Å²) in [6, 6.07) is 4.90. The van der Waals surface area contributed by atoms with Crippen molar-refractivity contribution in [1.29, 1.82) is 0 Å². The van der Waals surface area contributed by atoms with Gasteiger partial charge >= 0.3 is 0 Å². The van der Waals surface area contributed by atoms with Crippen LogP contribution in [0, 0.1) is 0 Å². The van der Waals surface area contributed by atoms with Crippen LogP contribution in [0.15, 0.2) is 44.9 Å². The quantitative estimate of drug-likeness (QED) is 0.673. The number of nitrogens with one attached hydrogen (secondary N) is 1. The first-order valence-corrected chi connectivity index (χ1v) is 10.9. The number of aliphatic imine (C=N–C) groups is 1. The second-order valence-corrected chi connectivity index (χ2v) is 9.01. The van der Waals surface area contributed by atoms with Crippen molar-refractivity contribution >= 4 is 63.7 Å². The number of hydrogen-bond acceptors (Lipinski definition) is 5. The maximum absolute atomic E-state index is 12.3. The van der Waals surface area contributed by atoms with Crippen LogP contribution >= 0.6 is 35.0 Å². The highest BCUT2D eigenvalue weighted by atomic mass is 35.5. The minimum atomic E-state index is -0.588. The van der Waals surface area contributed by atoms with E-state index in [1.807, 2.05) is 32.2 Å². The molecule has 0 aromatic heterocycles. The fraction of sp³-hybridized carbons (Fsp3) is 0.350. The van der Waals surface area contributed by atoms with Crippen molar-refractivity contribution in [2.24, 2.45) is 10.7 Å². The van der Waals surface area contributed by atoms with Crippen LogP contribution in [-0.2, 0) is 15.0 Å². The van der Waals surface area contributed by atoms with Crippen LogP contribution in [-0.4, -0.2) is 35.5 Å². The van der Waals surface area contributed by atoms with Gasteiger partial charge in [0.2, 0.25) is 11.7 Å². The molecular weight excluding hydrogens is 417 g/mol. The van der Waals surface area contributed by atoms with Gasteiger partial charge in [0.15, 0.2) is 0 Å². The van der Waals surface area contributed by atoms with Gasteiger partial charge < -0.3 is 11.1 Å². The molecule has 8 heteroatoms. The molecule has 1 aromatic rings. The molecule has 1 amide bonds. The van der Waals surface area contributed by atoms with Gasteiger partial charge in [-0.15, -0.1) is 0 Å². The van der Waals surface area contributed by atoms with Crippen LogP contribution < -0.4 is 11.1 Å². The van der Waals surface area contributed by atoms with Gasteiger partial charge in [0.25, 0.3) is 0 Å². The van der Waals surface area contributed by atoms with E-state index in [1.165, 1.54) is 0 Å². The first kappa shape index (κ1) is 21.1. The number of Topliss-reactive ketones (excluding diaryl/α,β-unsaturated/α-hetero) is 1. The summed E-state index contributed by atoms with van der Waals surface area (Å²) in [5, 5.41) is 3.00. The molecule has 0 radical (unpaired) electrons. The summed E-state index contributed by atoms with van der Waals surface area (Å²) < 4.78 is 0. The summed E-state index contributed by atoms with van der Waals surface area (Å²) in [5.41, 5.74) is 8.81. The predicted molar refractivity (Wildman–Crippen MR) is 118 cm³/mol. The molecule has 1 aliphatic carbocycles. The average molecular weight is 438 g/mol. The lowest BCUT2D eigenvalue weighted by molar-refractivity contribution is -0.117. The van der Waals surface area contributed by atoms with E-state index >= 15 is 0 Å². The van der Waals surface area contributed by atoms with Crippen molar-refractivity contribution in [2.45, 2.75) is 31.7 Å². The molecule has 1 aromatic carbocycles. The van der Waals surface area contributed by atoms with E-state index in [-0.39, 0.29) is 16.0 Å². The van der Waals surface area contributed by atoms with E-state index in [0.29, 0.717) is 23.4 Å². The molecule has 0 saturated heterocycles. The minimum absolute atomic E-state index is 0.0508. The smallest absolute Gasteiger partial charge is 0.241 e. The number of carbonyl (C=O) groups is 2. The largest absolute Gasteiger partial charge is 0.325 e. The number of thioether (sulfide) groups is 1. The zero-order chi connectivity index (χ0) is 20.6. The van der Waals surface area contributed by atoms with Gasteiger partial charge in [0.05, 0.1) is 27.5 Å². The second kappa shape index (κ2) is 8.03. The fourth-order valence-electron chi connectivity index (χ4n) is 3.36. The molecule has 1 aliphatic heterocycles. The number of hydrogen-bond donors (Lipinski definition) is 2. The molecule has 0 fully saturated rings. The predicted octanol–water partition coefficient (Wildman–Crippen LogP) is 4.27. The standard InChI is InChI=1S/C20H21Cl2N3O2S/c1-20(2)11-8-10(24-19(27)13(23)6-7-28-3)4-5-14(11)25-15-9-12(21)18(26)17(22)16(15)20/h4-5,8-9,13H,6-7,23H2,1-3H3,(H,24,27)/t13-/m0/s1. The molecule has 1 heterocycles. The summed E-state index contributed by atoms with van der Waals surface area (Å²) in [5.74, 6) is 0.185. The Morgan fingerprint density at radius 2 is 2.07 bits per heavy atom. The zero-order valence-electron chi connectivity index (χ0n) is 15.8. The molecule has 148 valence electrons. The van der Waals surface area contributed by atoms with Crippen molar-refractivity contribution in [3.8, 4) is 0 Å². The van der Waals surface area contributed by atoms with E-state index in [9.17, 15) is 9.59 Å². The van der Waals surface area contributed by atoms with Crippen LogP contribution in [0.3, 0.4) is 0 Å². The van der Waals surface area contributed by atoms with Crippen molar-refractivity contribution in [1.82, 2.24) is 0 Å². The van der Waals surface area contributed by atoms with Crippen molar-refractivity contribution in [2.75, 3.05) is 17.3 Å². The Kier molecular flexibility index (Phi) is 6.05. The van der Waals surface area contributed by atoms with Gasteiger partial charge in [-0.2, -0.15) is 11.8 Å².